The largest absolute Gasteiger partial charge is 0.360 e. The van der Waals surface area contributed by atoms with E-state index < -0.39 is 0 Å². The predicted molar refractivity (Wildman–Crippen MR) is 62.7 cm³/mol. The highest BCUT2D eigenvalue weighted by Gasteiger charge is 2.06. The van der Waals surface area contributed by atoms with Crippen LogP contribution < -0.4 is 0 Å². The molecule has 0 fully saturated rings. The second-order valence-corrected chi connectivity index (χ2v) is 4.15. The summed E-state index contributed by atoms with van der Waals surface area (Å²) < 4.78 is 3.00. The van der Waals surface area contributed by atoms with Gasteiger partial charge in [-0.2, -0.15) is 0 Å². The fourth-order valence-electron chi connectivity index (χ4n) is 1.60. The first-order chi connectivity index (χ1) is 7.34. The van der Waals surface area contributed by atoms with E-state index >= 15 is 0 Å². The van der Waals surface area contributed by atoms with Crippen molar-refractivity contribution in [2.45, 2.75) is 0 Å². The van der Waals surface area contributed by atoms with E-state index in [4.69, 9.17) is 0 Å². The number of aromatic amines is 1. The van der Waals surface area contributed by atoms with E-state index in [1.807, 2.05) is 47.3 Å². The van der Waals surface area contributed by atoms with Crippen molar-refractivity contribution in [1.82, 2.24) is 14.4 Å². The number of rotatable bonds is 1. The van der Waals surface area contributed by atoms with Gasteiger partial charge in [0.1, 0.15) is 5.69 Å². The minimum Gasteiger partial charge on any atom is -0.360 e. The maximum Gasteiger partial charge on any atom is 0.151 e. The third-order valence-corrected chi connectivity index (χ3v) is 2.93. The highest BCUT2D eigenvalue weighted by molar-refractivity contribution is 9.10. The molecule has 0 atom stereocenters. The molecule has 0 saturated carbocycles. The van der Waals surface area contributed by atoms with Gasteiger partial charge in [0, 0.05) is 18.6 Å². The summed E-state index contributed by atoms with van der Waals surface area (Å²) in [6.07, 6.45) is 5.89. The smallest absolute Gasteiger partial charge is 0.151 e. The molecule has 0 radical (unpaired) electrons. The molecule has 0 aliphatic heterocycles. The molecule has 15 heavy (non-hydrogen) atoms. The van der Waals surface area contributed by atoms with Gasteiger partial charge < -0.3 is 9.38 Å². The number of nitrogens with zero attached hydrogens (tertiary/aromatic N) is 2. The molecule has 0 saturated heterocycles. The van der Waals surface area contributed by atoms with Crippen LogP contribution in [0, 0.1) is 0 Å². The van der Waals surface area contributed by atoms with Crippen LogP contribution in [0.1, 0.15) is 0 Å². The fourth-order valence-corrected chi connectivity index (χ4v) is 2.04. The van der Waals surface area contributed by atoms with Gasteiger partial charge in [0.25, 0.3) is 0 Å². The molecule has 3 rings (SSSR count). The molecule has 0 aliphatic rings. The molecule has 0 amide bonds. The van der Waals surface area contributed by atoms with Crippen LogP contribution in [-0.2, 0) is 0 Å². The molecule has 3 aromatic heterocycles. The Balaban J connectivity index is 2.27. The molecule has 1 N–H and O–H groups in total. The van der Waals surface area contributed by atoms with E-state index in [0.717, 1.165) is 21.5 Å². The summed E-state index contributed by atoms with van der Waals surface area (Å²) in [7, 11) is 0. The topological polar surface area (TPSA) is 33.1 Å². The first-order valence-electron chi connectivity index (χ1n) is 4.61. The summed E-state index contributed by atoms with van der Waals surface area (Å²) in [4.78, 5) is 7.68. The van der Waals surface area contributed by atoms with Crippen LogP contribution in [0.5, 0.6) is 0 Å². The van der Waals surface area contributed by atoms with Crippen molar-refractivity contribution in [1.29, 1.82) is 0 Å². The van der Waals surface area contributed by atoms with Crippen molar-refractivity contribution in [2.24, 2.45) is 0 Å². The predicted octanol–water partition coefficient (Wildman–Crippen LogP) is 3.09. The van der Waals surface area contributed by atoms with Gasteiger partial charge in [0.05, 0.1) is 10.2 Å². The van der Waals surface area contributed by atoms with Crippen LogP contribution in [-0.4, -0.2) is 14.4 Å². The molecule has 0 aromatic carbocycles. The van der Waals surface area contributed by atoms with Gasteiger partial charge in [0.2, 0.25) is 0 Å². The van der Waals surface area contributed by atoms with Crippen molar-refractivity contribution < 1.29 is 0 Å². The first kappa shape index (κ1) is 8.73. The number of fused-ring (bicyclic) bond motifs is 1. The lowest BCUT2D eigenvalue weighted by molar-refractivity contribution is 1.18. The van der Waals surface area contributed by atoms with E-state index in [2.05, 4.69) is 25.9 Å². The van der Waals surface area contributed by atoms with E-state index in [0.29, 0.717) is 0 Å². The Kier molecular flexibility index (Phi) is 1.89. The number of imidazole rings is 1. The van der Waals surface area contributed by atoms with Crippen LogP contribution in [0.15, 0.2) is 47.3 Å². The van der Waals surface area contributed by atoms with Crippen LogP contribution in [0.25, 0.3) is 17.0 Å². The van der Waals surface area contributed by atoms with Crippen LogP contribution >= 0.6 is 15.9 Å². The Bertz CT molecular complexity index is 595. The second-order valence-electron chi connectivity index (χ2n) is 3.30. The van der Waals surface area contributed by atoms with Crippen LogP contribution in [0.4, 0.5) is 0 Å². The molecule has 0 unspecified atom stereocenters. The number of halogens is 1. The third-order valence-electron chi connectivity index (χ3n) is 2.31. The monoisotopic (exact) mass is 261 g/mol. The molecule has 3 aromatic rings. The lowest BCUT2D eigenvalue weighted by Gasteiger charge is -1.92. The first-order valence-corrected chi connectivity index (χ1v) is 5.41. The molecular formula is C11H8BrN3. The number of nitrogens with one attached hydrogen (secondary N) is 1. The molecular weight excluding hydrogens is 254 g/mol. The average molecular weight is 262 g/mol. The number of hydrogen-bond acceptors (Lipinski definition) is 1. The molecule has 3 nitrogen and oxygen atoms in total. The van der Waals surface area contributed by atoms with Crippen molar-refractivity contribution in [2.75, 3.05) is 0 Å². The Hall–Kier alpha value is -1.55. The zero-order valence-corrected chi connectivity index (χ0v) is 9.40. The van der Waals surface area contributed by atoms with Gasteiger partial charge in [-0.1, -0.05) is 0 Å². The van der Waals surface area contributed by atoms with Gasteiger partial charge in [-0.05, 0) is 40.2 Å². The van der Waals surface area contributed by atoms with Gasteiger partial charge in [-0.3, -0.25) is 0 Å². The van der Waals surface area contributed by atoms with Crippen molar-refractivity contribution >= 4 is 21.6 Å². The number of pyridine rings is 1. The zero-order valence-electron chi connectivity index (χ0n) is 7.81. The fraction of sp³-hybridized carbons (Fsp3) is 0. The van der Waals surface area contributed by atoms with E-state index in [1.54, 1.807) is 0 Å². The minimum absolute atomic E-state index is 0.933. The number of hydrogen-bond donors (Lipinski definition) is 1. The highest BCUT2D eigenvalue weighted by atomic mass is 79.9. The standard InChI is InChI=1S/C11H8BrN3/c12-8-3-2-6-15-7-10(14-11(8)15)9-4-1-5-13-9/h1-7,13H. The second kappa shape index (κ2) is 3.24. The summed E-state index contributed by atoms with van der Waals surface area (Å²) in [5.74, 6) is 0. The van der Waals surface area contributed by atoms with Crippen LogP contribution in [0.3, 0.4) is 0 Å². The lowest BCUT2D eigenvalue weighted by Crippen LogP contribution is -1.80. The summed E-state index contributed by atoms with van der Waals surface area (Å²) in [6.45, 7) is 0. The summed E-state index contributed by atoms with van der Waals surface area (Å²) >= 11 is 3.48. The molecule has 0 bridgehead atoms. The molecule has 3 heterocycles. The van der Waals surface area contributed by atoms with Gasteiger partial charge in [-0.25, -0.2) is 4.98 Å². The van der Waals surface area contributed by atoms with Crippen molar-refractivity contribution in [3.8, 4) is 11.4 Å². The SMILES string of the molecule is Brc1cccn2cc(-c3ccc[nH]3)nc12. The molecule has 0 aliphatic carbocycles. The summed E-state index contributed by atoms with van der Waals surface area (Å²) in [5, 5.41) is 0. The Morgan fingerprint density at radius 2 is 2.20 bits per heavy atom. The minimum atomic E-state index is 0.933. The van der Waals surface area contributed by atoms with E-state index in [9.17, 15) is 0 Å². The highest BCUT2D eigenvalue weighted by Crippen LogP contribution is 2.21. The summed E-state index contributed by atoms with van der Waals surface area (Å²) in [6, 6.07) is 7.95. The third kappa shape index (κ3) is 1.37. The molecule has 0 spiro atoms. The van der Waals surface area contributed by atoms with Gasteiger partial charge >= 0.3 is 0 Å². The maximum absolute atomic E-state index is 4.54. The normalized spacial score (nSPS) is 11.0. The van der Waals surface area contributed by atoms with Crippen molar-refractivity contribution in [3.63, 3.8) is 0 Å². The number of aromatic nitrogens is 3. The Morgan fingerprint density at radius 3 is 2.93 bits per heavy atom. The quantitative estimate of drug-likeness (QED) is 0.718. The zero-order chi connectivity index (χ0) is 10.3. The molecule has 4 heteroatoms. The molecule has 74 valence electrons. The maximum atomic E-state index is 4.54. The Labute approximate surface area is 94.9 Å². The van der Waals surface area contributed by atoms with Gasteiger partial charge in [-0.15, -0.1) is 0 Å². The number of H-pyrrole nitrogens is 1. The van der Waals surface area contributed by atoms with Gasteiger partial charge in [0.15, 0.2) is 5.65 Å². The van der Waals surface area contributed by atoms with E-state index in [-0.39, 0.29) is 0 Å². The van der Waals surface area contributed by atoms with Crippen molar-refractivity contribution in [3.05, 3.63) is 47.3 Å². The summed E-state index contributed by atoms with van der Waals surface area (Å²) in [5.41, 5.74) is 2.92. The Morgan fingerprint density at radius 1 is 1.27 bits per heavy atom. The average Bonchev–Trinajstić information content (AvgIpc) is 2.86. The lowest BCUT2D eigenvalue weighted by atomic mass is 10.3. The van der Waals surface area contributed by atoms with E-state index in [1.165, 1.54) is 0 Å². The van der Waals surface area contributed by atoms with Crippen LogP contribution in [0.2, 0.25) is 0 Å².